The lowest BCUT2D eigenvalue weighted by atomic mass is 10.1. The number of nitrogens with two attached hydrogens (primary N) is 1. The van der Waals surface area contributed by atoms with Crippen LogP contribution in [0, 0.1) is 5.92 Å². The van der Waals surface area contributed by atoms with Gasteiger partial charge in [-0.1, -0.05) is 13.8 Å². The van der Waals surface area contributed by atoms with Crippen LogP contribution in [-0.2, 0) is 19.2 Å². The molecule has 96 valence electrons. The SMILES string of the molecule is CC(C)C(=O)CNC(=O)C(CC(N)=O)NC=O. The predicted octanol–water partition coefficient (Wildman–Crippen LogP) is -1.68. The number of hydrogen-bond donors (Lipinski definition) is 3. The molecule has 17 heavy (non-hydrogen) atoms. The Bertz CT molecular complexity index is 315. The molecular weight excluding hydrogens is 226 g/mol. The zero-order valence-electron chi connectivity index (χ0n) is 9.86. The van der Waals surface area contributed by atoms with E-state index in [4.69, 9.17) is 5.73 Å². The summed E-state index contributed by atoms with van der Waals surface area (Å²) in [6.07, 6.45) is -0.00209. The van der Waals surface area contributed by atoms with Crippen molar-refractivity contribution >= 4 is 24.0 Å². The Morgan fingerprint density at radius 1 is 1.29 bits per heavy atom. The molecule has 1 atom stereocenters. The summed E-state index contributed by atoms with van der Waals surface area (Å²) < 4.78 is 0. The van der Waals surface area contributed by atoms with Crippen LogP contribution in [0.2, 0.25) is 0 Å². The van der Waals surface area contributed by atoms with E-state index in [1.807, 2.05) is 0 Å². The van der Waals surface area contributed by atoms with Crippen LogP contribution in [0.1, 0.15) is 20.3 Å². The van der Waals surface area contributed by atoms with Crippen molar-refractivity contribution in [3.8, 4) is 0 Å². The first-order valence-corrected chi connectivity index (χ1v) is 5.17. The van der Waals surface area contributed by atoms with Crippen LogP contribution in [-0.4, -0.2) is 36.6 Å². The molecular formula is C10H17N3O4. The van der Waals surface area contributed by atoms with Crippen molar-refractivity contribution in [3.05, 3.63) is 0 Å². The smallest absolute Gasteiger partial charge is 0.243 e. The summed E-state index contributed by atoms with van der Waals surface area (Å²) in [5.41, 5.74) is 4.92. The third kappa shape index (κ3) is 6.29. The molecule has 0 fully saturated rings. The average Bonchev–Trinajstić information content (AvgIpc) is 2.23. The normalized spacial score (nSPS) is 11.7. The van der Waals surface area contributed by atoms with Gasteiger partial charge in [0.2, 0.25) is 18.2 Å². The Kier molecular flexibility index (Phi) is 6.54. The second-order valence-electron chi connectivity index (χ2n) is 3.85. The summed E-state index contributed by atoms with van der Waals surface area (Å²) >= 11 is 0. The number of amides is 3. The van der Waals surface area contributed by atoms with Gasteiger partial charge in [-0.05, 0) is 0 Å². The maximum atomic E-state index is 11.5. The predicted molar refractivity (Wildman–Crippen MR) is 59.7 cm³/mol. The molecule has 0 bridgehead atoms. The largest absolute Gasteiger partial charge is 0.370 e. The summed E-state index contributed by atoms with van der Waals surface area (Å²) in [4.78, 5) is 43.6. The van der Waals surface area contributed by atoms with Crippen molar-refractivity contribution in [2.24, 2.45) is 11.7 Å². The molecule has 0 aliphatic rings. The van der Waals surface area contributed by atoms with E-state index >= 15 is 0 Å². The fourth-order valence-electron chi connectivity index (χ4n) is 1.01. The molecule has 0 aromatic carbocycles. The number of carbonyl (C=O) groups excluding carboxylic acids is 4. The van der Waals surface area contributed by atoms with E-state index in [1.54, 1.807) is 13.8 Å². The summed E-state index contributed by atoms with van der Waals surface area (Å²) in [6, 6.07) is -1.04. The number of Topliss-reactive ketones (excluding diaryl/α,β-unsaturated/α-hetero) is 1. The van der Waals surface area contributed by atoms with Gasteiger partial charge >= 0.3 is 0 Å². The van der Waals surface area contributed by atoms with Crippen LogP contribution in [0.15, 0.2) is 0 Å². The summed E-state index contributed by atoms with van der Waals surface area (Å²) in [6.45, 7) is 3.28. The van der Waals surface area contributed by atoms with Crippen molar-refractivity contribution in [3.63, 3.8) is 0 Å². The molecule has 7 heteroatoms. The van der Waals surface area contributed by atoms with Crippen LogP contribution in [0.25, 0.3) is 0 Å². The molecule has 0 aliphatic heterocycles. The fourth-order valence-corrected chi connectivity index (χ4v) is 1.01. The number of hydrogen-bond acceptors (Lipinski definition) is 4. The van der Waals surface area contributed by atoms with E-state index in [-0.39, 0.29) is 24.7 Å². The van der Waals surface area contributed by atoms with E-state index in [1.165, 1.54) is 0 Å². The maximum Gasteiger partial charge on any atom is 0.243 e. The van der Waals surface area contributed by atoms with E-state index in [9.17, 15) is 19.2 Å². The molecule has 0 saturated heterocycles. The quantitative estimate of drug-likeness (QED) is 0.441. The van der Waals surface area contributed by atoms with Gasteiger partial charge in [0, 0.05) is 5.92 Å². The highest BCUT2D eigenvalue weighted by Gasteiger charge is 2.20. The van der Waals surface area contributed by atoms with Gasteiger partial charge in [0.05, 0.1) is 13.0 Å². The molecule has 0 aliphatic carbocycles. The van der Waals surface area contributed by atoms with Gasteiger partial charge in [0.25, 0.3) is 0 Å². The van der Waals surface area contributed by atoms with Gasteiger partial charge < -0.3 is 16.4 Å². The summed E-state index contributed by atoms with van der Waals surface area (Å²) in [5, 5.41) is 4.50. The number of carbonyl (C=O) groups is 4. The van der Waals surface area contributed by atoms with Crippen molar-refractivity contribution in [2.45, 2.75) is 26.3 Å². The average molecular weight is 243 g/mol. The van der Waals surface area contributed by atoms with Crippen molar-refractivity contribution < 1.29 is 19.2 Å². The van der Waals surface area contributed by atoms with Gasteiger partial charge in [-0.15, -0.1) is 0 Å². The first kappa shape index (κ1) is 15.1. The van der Waals surface area contributed by atoms with E-state index in [0.29, 0.717) is 6.41 Å². The van der Waals surface area contributed by atoms with E-state index < -0.39 is 17.9 Å². The van der Waals surface area contributed by atoms with E-state index in [0.717, 1.165) is 0 Å². The molecule has 0 heterocycles. The fraction of sp³-hybridized carbons (Fsp3) is 0.600. The first-order chi connectivity index (χ1) is 7.88. The minimum atomic E-state index is -1.04. The minimum absolute atomic E-state index is 0.133. The molecule has 4 N–H and O–H groups in total. The van der Waals surface area contributed by atoms with E-state index in [2.05, 4.69) is 10.6 Å². The molecule has 0 saturated carbocycles. The number of primary amides is 1. The highest BCUT2D eigenvalue weighted by Crippen LogP contribution is 1.94. The van der Waals surface area contributed by atoms with Gasteiger partial charge in [-0.3, -0.25) is 19.2 Å². The Labute approximate surface area is 99.1 Å². The molecule has 1 unspecified atom stereocenters. The number of rotatable bonds is 8. The second-order valence-corrected chi connectivity index (χ2v) is 3.85. The van der Waals surface area contributed by atoms with Gasteiger partial charge in [0.1, 0.15) is 6.04 Å². The van der Waals surface area contributed by atoms with Gasteiger partial charge in [-0.2, -0.15) is 0 Å². The Morgan fingerprint density at radius 3 is 2.29 bits per heavy atom. The first-order valence-electron chi connectivity index (χ1n) is 5.17. The Hall–Kier alpha value is -1.92. The zero-order valence-corrected chi connectivity index (χ0v) is 9.86. The molecule has 0 spiro atoms. The standard InChI is InChI=1S/C10H17N3O4/c1-6(2)8(15)4-12-10(17)7(13-5-14)3-9(11)16/h5-7H,3-4H2,1-2H3,(H2,11,16)(H,12,17)(H,13,14). The number of ketones is 1. The van der Waals surface area contributed by atoms with Crippen LogP contribution >= 0.6 is 0 Å². The third-order valence-corrected chi connectivity index (χ3v) is 2.07. The topological polar surface area (TPSA) is 118 Å². The molecule has 0 aromatic heterocycles. The lowest BCUT2D eigenvalue weighted by Crippen LogP contribution is -2.47. The lowest BCUT2D eigenvalue weighted by Gasteiger charge is -2.14. The van der Waals surface area contributed by atoms with Crippen molar-refractivity contribution in [1.29, 1.82) is 0 Å². The molecule has 7 nitrogen and oxygen atoms in total. The van der Waals surface area contributed by atoms with Crippen LogP contribution in [0.3, 0.4) is 0 Å². The minimum Gasteiger partial charge on any atom is -0.370 e. The molecule has 0 aromatic rings. The number of nitrogens with one attached hydrogen (secondary N) is 2. The van der Waals surface area contributed by atoms with Gasteiger partial charge in [-0.25, -0.2) is 0 Å². The third-order valence-electron chi connectivity index (χ3n) is 2.07. The molecule has 0 rings (SSSR count). The summed E-state index contributed by atoms with van der Waals surface area (Å²) in [5.74, 6) is -1.65. The molecule has 3 amide bonds. The maximum absolute atomic E-state index is 11.5. The van der Waals surface area contributed by atoms with Crippen LogP contribution < -0.4 is 16.4 Å². The summed E-state index contributed by atoms with van der Waals surface area (Å²) in [7, 11) is 0. The monoisotopic (exact) mass is 243 g/mol. The highest BCUT2D eigenvalue weighted by molar-refractivity contribution is 5.92. The lowest BCUT2D eigenvalue weighted by molar-refractivity contribution is -0.130. The highest BCUT2D eigenvalue weighted by atomic mass is 16.2. The van der Waals surface area contributed by atoms with Gasteiger partial charge in [0.15, 0.2) is 5.78 Å². The molecule has 0 radical (unpaired) electrons. The second kappa shape index (κ2) is 7.37. The van der Waals surface area contributed by atoms with Crippen LogP contribution in [0.5, 0.6) is 0 Å². The Morgan fingerprint density at radius 2 is 1.88 bits per heavy atom. The Balaban J connectivity index is 4.27. The van der Waals surface area contributed by atoms with Crippen molar-refractivity contribution in [1.82, 2.24) is 10.6 Å². The van der Waals surface area contributed by atoms with Crippen LogP contribution in [0.4, 0.5) is 0 Å². The van der Waals surface area contributed by atoms with Crippen molar-refractivity contribution in [2.75, 3.05) is 6.54 Å². The zero-order chi connectivity index (χ0) is 13.4.